The van der Waals surface area contributed by atoms with Gasteiger partial charge < -0.3 is 48.8 Å². The van der Waals surface area contributed by atoms with Crippen LogP contribution in [0.3, 0.4) is 0 Å². The van der Waals surface area contributed by atoms with Crippen molar-refractivity contribution in [2.24, 2.45) is 0 Å². The molecule has 16 rings (SSSR count). The summed E-state index contributed by atoms with van der Waals surface area (Å²) in [6, 6.07) is 73.7. The van der Waals surface area contributed by atoms with Crippen molar-refractivity contribution in [2.45, 2.75) is 179 Å². The lowest BCUT2D eigenvalue weighted by atomic mass is 10.1. The molecular weight excluding hydrogens is 1780 g/mol. The van der Waals surface area contributed by atoms with Gasteiger partial charge in [0.25, 0.3) is 0 Å². The minimum absolute atomic E-state index is 0.0115. The Morgan fingerprint density at radius 1 is 0.289 bits per heavy atom. The fraction of sp³-hybridized carbons (Fsp3) is 0.316. The maximum atomic E-state index is 10.6. The van der Waals surface area contributed by atoms with Gasteiger partial charge in [-0.2, -0.15) is 0 Å². The SMILES string of the molecule is Cc1ccc(OCC(O)CN(Cc2cccnc2)Cc2cccnc2C)cc1.Cc1ccc(OCC(O)CN(Cc2cccnc2)Cc2cnccc2C)cc1.Cc1ccc(OCC(O)CN(Cc2cccnc2C)Cc2cccnc2C)cc1.Cc1ccc(OCC(O)CN(Cc2cnccc2C)Cc2cccnc2C)cc1.Cc1ccc(OCC2CN(Cc3cccnc3)C(c3cnccc3C)O2)cc1. The van der Waals surface area contributed by atoms with E-state index < -0.39 is 24.4 Å². The van der Waals surface area contributed by atoms with Crippen molar-refractivity contribution in [3.63, 3.8) is 0 Å². The summed E-state index contributed by atoms with van der Waals surface area (Å²) < 4.78 is 35.4. The predicted octanol–water partition coefficient (Wildman–Crippen LogP) is 18.8. The Morgan fingerprint density at radius 2 is 0.563 bits per heavy atom. The Bertz CT molecular complexity index is 5780. The van der Waals surface area contributed by atoms with E-state index in [1.54, 1.807) is 55.8 Å². The molecule has 1 aliphatic heterocycles. The number of hydrogen-bond donors (Lipinski definition) is 4. The lowest BCUT2D eigenvalue weighted by Crippen LogP contribution is -2.35. The molecule has 6 atom stereocenters. The number of aromatic nitrogens is 10. The van der Waals surface area contributed by atoms with Crippen LogP contribution in [0, 0.1) is 83.1 Å². The summed E-state index contributed by atoms with van der Waals surface area (Å²) in [5.74, 6) is 3.95. The second kappa shape index (κ2) is 57.2. The molecule has 740 valence electrons. The van der Waals surface area contributed by atoms with E-state index in [-0.39, 0.29) is 38.8 Å². The van der Waals surface area contributed by atoms with Gasteiger partial charge in [0.15, 0.2) is 0 Å². The molecule has 0 aliphatic carbocycles. The lowest BCUT2D eigenvalue weighted by Gasteiger charge is -2.26. The summed E-state index contributed by atoms with van der Waals surface area (Å²) in [5, 5.41) is 42.4. The third-order valence-electron chi connectivity index (χ3n) is 24.1. The number of aliphatic hydroxyl groups is 4. The second-order valence-electron chi connectivity index (χ2n) is 36.4. The van der Waals surface area contributed by atoms with Crippen LogP contribution in [0.4, 0.5) is 0 Å². The fourth-order valence-electron chi connectivity index (χ4n) is 15.9. The van der Waals surface area contributed by atoms with Crippen LogP contribution in [0.5, 0.6) is 28.7 Å². The first kappa shape index (κ1) is 107. The summed E-state index contributed by atoms with van der Waals surface area (Å²) >= 11 is 0. The number of pyridine rings is 10. The molecule has 15 aromatic rings. The van der Waals surface area contributed by atoms with Crippen molar-refractivity contribution in [3.8, 4) is 28.7 Å². The number of nitrogens with zero attached hydrogens (tertiary/aromatic N) is 15. The first-order valence-corrected chi connectivity index (χ1v) is 48.4. The smallest absolute Gasteiger partial charge is 0.139 e. The number of hydrogen-bond acceptors (Lipinski definition) is 25. The topological polar surface area (TPSA) is 281 Å². The Morgan fingerprint density at radius 3 is 0.859 bits per heavy atom. The molecule has 142 heavy (non-hydrogen) atoms. The Kier molecular flexibility index (Phi) is 43.1. The molecule has 25 nitrogen and oxygen atoms in total. The van der Waals surface area contributed by atoms with E-state index in [0.29, 0.717) is 85.1 Å². The molecule has 6 unspecified atom stereocenters. The highest BCUT2D eigenvalue weighted by molar-refractivity contribution is 5.34. The van der Waals surface area contributed by atoms with Gasteiger partial charge in [0, 0.05) is 219 Å². The minimum Gasteiger partial charge on any atom is -0.491 e. The maximum Gasteiger partial charge on any atom is 0.139 e. The van der Waals surface area contributed by atoms with E-state index in [1.807, 2.05) is 281 Å². The first-order chi connectivity index (χ1) is 68.9. The monoisotopic (exact) mass is 1910 g/mol. The Labute approximate surface area is 838 Å². The number of aliphatic hydroxyl groups excluding tert-OH is 4. The highest BCUT2D eigenvalue weighted by Gasteiger charge is 2.36. The van der Waals surface area contributed by atoms with E-state index in [9.17, 15) is 20.4 Å². The van der Waals surface area contributed by atoms with Gasteiger partial charge in [-0.25, -0.2) is 0 Å². The standard InChI is InChI=1S/2C24H29N3O2.C23H25N3O2.2C23H27N3O2/c1-18-8-10-24(11-9-18)29-17-23(28)16-27(14-21-6-4-12-25-19(21)2)15-22-7-5-13-26-20(22)3;1-18-6-8-24(9-7-18)29-17-23(28)16-27(14-21-5-4-11-26-20(21)3)15-22-13-25-12-10-19(22)2;1-17-5-7-20(8-6-17)27-16-21-15-26(14-19-4-3-10-24-12-19)23(28-21)22-13-25-11-9-18(22)2;1-18-7-9-23(10-8-18)28-17-22(27)16-26(14-20-5-3-11-24-13-20)15-21-6-4-12-25-19(21)2;1-18-5-7-23(8-6-18)28-17-22(27)16-26(14-20-4-3-10-24-12-20)15-21-13-25-11-9-19(21)2/h2*4-13,23,28H,14-17H2,1-3H3;3-13,21,23H,14-16H2,1-2H3;2*3-13,22,27H,14-17H2,1-2H3. The molecule has 0 radical (unpaired) electrons. The van der Waals surface area contributed by atoms with E-state index >= 15 is 0 Å². The third kappa shape index (κ3) is 37.3. The zero-order chi connectivity index (χ0) is 100. The molecule has 11 heterocycles. The molecule has 25 heteroatoms. The largest absolute Gasteiger partial charge is 0.491 e. The molecule has 5 aromatic carbocycles. The minimum atomic E-state index is -0.606. The van der Waals surface area contributed by atoms with Gasteiger partial charge in [-0.3, -0.25) is 74.3 Å². The molecule has 4 N–H and O–H groups in total. The molecule has 0 spiro atoms. The van der Waals surface area contributed by atoms with Gasteiger partial charge >= 0.3 is 0 Å². The van der Waals surface area contributed by atoms with E-state index in [4.69, 9.17) is 28.4 Å². The lowest BCUT2D eigenvalue weighted by molar-refractivity contribution is -0.0186. The molecule has 10 aromatic heterocycles. The van der Waals surface area contributed by atoms with Gasteiger partial charge in [0.2, 0.25) is 0 Å². The summed E-state index contributed by atoms with van der Waals surface area (Å²) in [6.45, 7) is 35.2. The third-order valence-corrected chi connectivity index (χ3v) is 24.1. The zero-order valence-electron chi connectivity index (χ0n) is 83.9. The molecular formula is C117H137N15O10. The molecule has 0 amide bonds. The average Bonchev–Trinajstić information content (AvgIpc) is 1.66. The van der Waals surface area contributed by atoms with Gasteiger partial charge in [0.05, 0.1) is 0 Å². The average molecular weight is 1910 g/mol. The van der Waals surface area contributed by atoms with Crippen molar-refractivity contribution in [1.29, 1.82) is 0 Å². The quantitative estimate of drug-likeness (QED) is 0.0277. The van der Waals surface area contributed by atoms with Gasteiger partial charge in [-0.1, -0.05) is 131 Å². The van der Waals surface area contributed by atoms with Crippen LogP contribution in [-0.2, 0) is 63.6 Å². The van der Waals surface area contributed by atoms with Crippen molar-refractivity contribution in [2.75, 3.05) is 65.8 Å². The number of aryl methyl sites for hydroxylation is 12. The molecule has 1 aliphatic rings. The van der Waals surface area contributed by atoms with Crippen LogP contribution in [0.1, 0.15) is 129 Å². The second-order valence-corrected chi connectivity index (χ2v) is 36.4. The van der Waals surface area contributed by atoms with Crippen molar-refractivity contribution < 1.29 is 48.8 Å². The van der Waals surface area contributed by atoms with Gasteiger partial charge in [-0.05, 0) is 271 Å². The van der Waals surface area contributed by atoms with E-state index in [2.05, 4.69) is 144 Å². The van der Waals surface area contributed by atoms with Crippen LogP contribution < -0.4 is 23.7 Å². The van der Waals surface area contributed by atoms with Gasteiger partial charge in [0.1, 0.15) is 98.5 Å². The normalized spacial score (nSPS) is 13.6. The number of ether oxygens (including phenoxy) is 6. The summed E-state index contributed by atoms with van der Waals surface area (Å²) in [6.07, 6.45) is 26.7. The Balaban J connectivity index is 0.000000159. The van der Waals surface area contributed by atoms with Crippen molar-refractivity contribution in [1.82, 2.24) is 74.3 Å². The van der Waals surface area contributed by atoms with Crippen LogP contribution in [0.2, 0.25) is 0 Å². The van der Waals surface area contributed by atoms with Crippen LogP contribution in [0.15, 0.2) is 324 Å². The fourth-order valence-corrected chi connectivity index (χ4v) is 15.9. The summed E-state index contributed by atoms with van der Waals surface area (Å²) in [7, 11) is 0. The van der Waals surface area contributed by atoms with E-state index in [0.717, 1.165) is 120 Å². The summed E-state index contributed by atoms with van der Waals surface area (Å²) in [4.78, 5) is 54.2. The first-order valence-electron chi connectivity index (χ1n) is 48.4. The zero-order valence-corrected chi connectivity index (χ0v) is 83.9. The predicted molar refractivity (Wildman–Crippen MR) is 557 cm³/mol. The highest BCUT2D eigenvalue weighted by atomic mass is 16.6. The van der Waals surface area contributed by atoms with Crippen molar-refractivity contribution >= 4 is 0 Å². The maximum absolute atomic E-state index is 10.6. The van der Waals surface area contributed by atoms with Gasteiger partial charge in [-0.15, -0.1) is 0 Å². The molecule has 0 saturated carbocycles. The van der Waals surface area contributed by atoms with E-state index in [1.165, 1.54) is 44.5 Å². The molecule has 1 saturated heterocycles. The number of rotatable bonds is 42. The van der Waals surface area contributed by atoms with Crippen molar-refractivity contribution in [3.05, 3.63) is 447 Å². The highest BCUT2D eigenvalue weighted by Crippen LogP contribution is 2.34. The van der Waals surface area contributed by atoms with Crippen LogP contribution >= 0.6 is 0 Å². The van der Waals surface area contributed by atoms with Crippen LogP contribution in [0.25, 0.3) is 0 Å². The van der Waals surface area contributed by atoms with Crippen LogP contribution in [-0.4, -0.2) is 191 Å². The molecule has 1 fully saturated rings. The molecule has 0 bridgehead atoms. The number of benzene rings is 5. The Hall–Kier alpha value is -13.8. The summed E-state index contributed by atoms with van der Waals surface area (Å²) in [5.41, 5.74) is 24.9.